The first-order valence-electron chi connectivity index (χ1n) is 10.2. The first-order valence-corrected chi connectivity index (χ1v) is 12.2. The van der Waals surface area contributed by atoms with Gasteiger partial charge in [-0.3, -0.25) is 0 Å². The normalized spacial score (nSPS) is 10.7. The summed E-state index contributed by atoms with van der Waals surface area (Å²) < 4.78 is 7.17. The highest BCUT2D eigenvalue weighted by Crippen LogP contribution is 2.31. The van der Waals surface area contributed by atoms with Crippen LogP contribution in [0.4, 0.5) is 23.5 Å². The topological polar surface area (TPSA) is 87.6 Å². The standard InChI is InChI=1S/C22H24Br2ClN7O.ClH/c1-5-32(6-2)22-29-20(27-16-8-7-13(3)18(25)11-16)28-21(30-22)31-26-12-14-9-15(23)10-17(24)19(14)33-4;/h7-12H,5-6H2,1-4H3,(H2,27,28,29,30,31);1H/b26-12+;. The average Bonchev–Trinajstić information content (AvgIpc) is 2.77. The number of hydrazone groups is 1. The molecule has 0 saturated carbocycles. The molecule has 0 atom stereocenters. The highest BCUT2D eigenvalue weighted by atomic mass is 79.9. The Labute approximate surface area is 227 Å². The maximum atomic E-state index is 6.26. The molecule has 0 radical (unpaired) electrons. The van der Waals surface area contributed by atoms with Gasteiger partial charge in [0.2, 0.25) is 17.8 Å². The molecule has 0 aliphatic carbocycles. The fraction of sp³-hybridized carbons (Fsp3) is 0.273. The number of hydrogen-bond donors (Lipinski definition) is 2. The Morgan fingerprint density at radius 3 is 2.44 bits per heavy atom. The van der Waals surface area contributed by atoms with Gasteiger partial charge in [0.15, 0.2) is 0 Å². The second-order valence-corrected chi connectivity index (χ2v) is 9.10. The number of aryl methyl sites for hydroxylation is 1. The summed E-state index contributed by atoms with van der Waals surface area (Å²) >= 11 is 13.2. The molecular formula is C22H25Br2Cl2N7O. The van der Waals surface area contributed by atoms with Crippen molar-refractivity contribution in [2.45, 2.75) is 20.8 Å². The van der Waals surface area contributed by atoms with E-state index in [1.165, 1.54) is 0 Å². The minimum Gasteiger partial charge on any atom is -0.495 e. The van der Waals surface area contributed by atoms with E-state index in [-0.39, 0.29) is 12.4 Å². The van der Waals surface area contributed by atoms with Crippen molar-refractivity contribution in [1.29, 1.82) is 0 Å². The molecule has 0 saturated heterocycles. The summed E-state index contributed by atoms with van der Waals surface area (Å²) in [4.78, 5) is 15.6. The molecule has 2 aromatic carbocycles. The maximum absolute atomic E-state index is 6.26. The van der Waals surface area contributed by atoms with Gasteiger partial charge in [0.25, 0.3) is 0 Å². The maximum Gasteiger partial charge on any atom is 0.250 e. The number of rotatable bonds is 9. The minimum atomic E-state index is 0. The van der Waals surface area contributed by atoms with E-state index >= 15 is 0 Å². The molecule has 0 unspecified atom stereocenters. The van der Waals surface area contributed by atoms with Gasteiger partial charge in [-0.1, -0.05) is 33.6 Å². The highest BCUT2D eigenvalue weighted by molar-refractivity contribution is 9.11. The summed E-state index contributed by atoms with van der Waals surface area (Å²) in [5.41, 5.74) is 5.45. The minimum absolute atomic E-state index is 0. The second-order valence-electron chi connectivity index (χ2n) is 6.92. The third-order valence-corrected chi connectivity index (χ3v) is 6.16. The van der Waals surface area contributed by atoms with Crippen LogP contribution in [0.5, 0.6) is 5.75 Å². The van der Waals surface area contributed by atoms with Crippen molar-refractivity contribution in [1.82, 2.24) is 15.0 Å². The van der Waals surface area contributed by atoms with E-state index in [4.69, 9.17) is 16.3 Å². The van der Waals surface area contributed by atoms with Gasteiger partial charge >= 0.3 is 0 Å². The number of hydrogen-bond acceptors (Lipinski definition) is 8. The van der Waals surface area contributed by atoms with Gasteiger partial charge in [-0.2, -0.15) is 20.1 Å². The molecular weight excluding hydrogens is 609 g/mol. The van der Waals surface area contributed by atoms with Crippen LogP contribution < -0.4 is 20.4 Å². The molecule has 0 spiro atoms. The summed E-state index contributed by atoms with van der Waals surface area (Å²) in [5, 5.41) is 8.17. The zero-order valence-corrected chi connectivity index (χ0v) is 23.8. The van der Waals surface area contributed by atoms with E-state index in [9.17, 15) is 0 Å². The van der Waals surface area contributed by atoms with Gasteiger partial charge in [-0.15, -0.1) is 12.4 Å². The van der Waals surface area contributed by atoms with Crippen LogP contribution in [0, 0.1) is 6.92 Å². The molecule has 12 heteroatoms. The smallest absolute Gasteiger partial charge is 0.250 e. The Bertz CT molecular complexity index is 1160. The van der Waals surface area contributed by atoms with Gasteiger partial charge in [0.05, 0.1) is 17.8 Å². The fourth-order valence-corrected chi connectivity index (χ4v) is 4.57. The van der Waals surface area contributed by atoms with Crippen molar-refractivity contribution in [3.63, 3.8) is 0 Å². The molecule has 1 aromatic heterocycles. The predicted molar refractivity (Wildman–Crippen MR) is 150 cm³/mol. The predicted octanol–water partition coefficient (Wildman–Crippen LogP) is 6.82. The highest BCUT2D eigenvalue weighted by Gasteiger charge is 2.12. The molecule has 182 valence electrons. The molecule has 8 nitrogen and oxygen atoms in total. The van der Waals surface area contributed by atoms with Crippen molar-refractivity contribution >= 4 is 85.6 Å². The number of ether oxygens (including phenoxy) is 1. The van der Waals surface area contributed by atoms with E-state index in [2.05, 4.69) is 62.7 Å². The first kappa shape index (κ1) is 28.1. The van der Waals surface area contributed by atoms with Gasteiger partial charge in [0, 0.05) is 33.8 Å². The van der Waals surface area contributed by atoms with Crippen molar-refractivity contribution in [3.8, 4) is 5.75 Å². The zero-order valence-electron chi connectivity index (χ0n) is 19.1. The number of aromatic nitrogens is 3. The summed E-state index contributed by atoms with van der Waals surface area (Å²) in [6.45, 7) is 7.54. The van der Waals surface area contributed by atoms with E-state index in [0.717, 1.165) is 38.8 Å². The Morgan fingerprint density at radius 2 is 1.79 bits per heavy atom. The lowest BCUT2D eigenvalue weighted by Crippen LogP contribution is -2.25. The number of anilines is 4. The van der Waals surface area contributed by atoms with Crippen LogP contribution in [-0.2, 0) is 0 Å². The summed E-state index contributed by atoms with van der Waals surface area (Å²) in [7, 11) is 1.61. The van der Waals surface area contributed by atoms with Crippen LogP contribution >= 0.6 is 55.9 Å². The lowest BCUT2D eigenvalue weighted by Gasteiger charge is -2.19. The number of benzene rings is 2. The van der Waals surface area contributed by atoms with Crippen LogP contribution in [0.25, 0.3) is 0 Å². The molecule has 34 heavy (non-hydrogen) atoms. The van der Waals surface area contributed by atoms with Crippen molar-refractivity contribution in [3.05, 3.63) is 55.4 Å². The quantitative estimate of drug-likeness (QED) is 0.197. The summed E-state index contributed by atoms with van der Waals surface area (Å²) in [6, 6.07) is 9.49. The van der Waals surface area contributed by atoms with Crippen LogP contribution in [0.3, 0.4) is 0 Å². The van der Waals surface area contributed by atoms with Crippen LogP contribution in [-0.4, -0.2) is 41.4 Å². The third kappa shape index (κ3) is 7.18. The second kappa shape index (κ2) is 13.1. The molecule has 3 rings (SSSR count). The van der Waals surface area contributed by atoms with E-state index in [1.807, 2.05) is 56.0 Å². The molecule has 1 heterocycles. The van der Waals surface area contributed by atoms with Gasteiger partial charge in [0.1, 0.15) is 5.75 Å². The Balaban J connectivity index is 0.00000408. The molecule has 0 bridgehead atoms. The lowest BCUT2D eigenvalue weighted by molar-refractivity contribution is 0.411. The van der Waals surface area contributed by atoms with E-state index in [0.29, 0.717) is 28.6 Å². The number of nitrogens with zero attached hydrogens (tertiary/aromatic N) is 5. The Hall–Kier alpha value is -2.14. The molecule has 2 N–H and O–H groups in total. The van der Waals surface area contributed by atoms with E-state index in [1.54, 1.807) is 13.3 Å². The first-order chi connectivity index (χ1) is 15.8. The number of methoxy groups -OCH3 is 1. The monoisotopic (exact) mass is 631 g/mol. The van der Waals surface area contributed by atoms with Crippen LogP contribution in [0.1, 0.15) is 25.0 Å². The van der Waals surface area contributed by atoms with Crippen molar-refractivity contribution in [2.75, 3.05) is 35.8 Å². The van der Waals surface area contributed by atoms with Crippen LogP contribution in [0.15, 0.2) is 44.4 Å². The summed E-state index contributed by atoms with van der Waals surface area (Å²) in [6.07, 6.45) is 1.64. The molecule has 0 aliphatic heterocycles. The van der Waals surface area contributed by atoms with Gasteiger partial charge in [-0.25, -0.2) is 5.43 Å². The Kier molecular flexibility index (Phi) is 10.8. The SMILES string of the molecule is CCN(CC)c1nc(N/N=C/c2cc(Br)cc(Br)c2OC)nc(Nc2ccc(C)c(Cl)c2)n1.Cl. The third-order valence-electron chi connectivity index (χ3n) is 4.71. The number of nitrogens with one attached hydrogen (secondary N) is 2. The fourth-order valence-electron chi connectivity index (χ4n) is 2.97. The van der Waals surface area contributed by atoms with E-state index < -0.39 is 0 Å². The largest absolute Gasteiger partial charge is 0.495 e. The molecule has 3 aromatic rings. The number of halogens is 4. The van der Waals surface area contributed by atoms with Gasteiger partial charge < -0.3 is 15.0 Å². The average molecular weight is 634 g/mol. The Morgan fingerprint density at radius 1 is 1.09 bits per heavy atom. The molecule has 0 fully saturated rings. The van der Waals surface area contributed by atoms with Crippen molar-refractivity contribution < 1.29 is 4.74 Å². The molecule has 0 amide bonds. The lowest BCUT2D eigenvalue weighted by atomic mass is 10.2. The van der Waals surface area contributed by atoms with Gasteiger partial charge in [-0.05, 0) is 66.5 Å². The zero-order chi connectivity index (χ0) is 24.0. The molecule has 0 aliphatic rings. The van der Waals surface area contributed by atoms with Crippen LogP contribution in [0.2, 0.25) is 5.02 Å². The summed E-state index contributed by atoms with van der Waals surface area (Å²) in [5.74, 6) is 1.89. The van der Waals surface area contributed by atoms with Crippen molar-refractivity contribution in [2.24, 2.45) is 5.10 Å².